The van der Waals surface area contributed by atoms with E-state index in [1.54, 1.807) is 17.0 Å². The molecule has 108 valence electrons. The molecular weight excluding hydrogens is 293 g/mol. The van der Waals surface area contributed by atoms with Crippen LogP contribution in [0.4, 0.5) is 18.9 Å². The minimum atomic E-state index is -4.70. The third kappa shape index (κ3) is 3.61. The summed E-state index contributed by atoms with van der Waals surface area (Å²) in [6.07, 6.45) is -4.70. The number of nitrogens with zero attached hydrogens (tertiary/aromatic N) is 2. The lowest BCUT2D eigenvalue weighted by Gasteiger charge is -2.08. The summed E-state index contributed by atoms with van der Waals surface area (Å²) in [5, 5.41) is 10.8. The van der Waals surface area contributed by atoms with Crippen molar-refractivity contribution in [1.82, 2.24) is 4.57 Å². The predicted octanol–water partition coefficient (Wildman–Crippen LogP) is 2.71. The van der Waals surface area contributed by atoms with Gasteiger partial charge in [0.25, 0.3) is 0 Å². The number of aliphatic hydroxyl groups is 1. The molecule has 1 N–H and O–H groups in total. The van der Waals surface area contributed by atoms with Crippen molar-refractivity contribution < 1.29 is 23.0 Å². The Balaban J connectivity index is 2.24. The SMILES string of the molecule is Cn1c(CO)csc1=Nc1ccc(OC(F)(F)F)cc1. The summed E-state index contributed by atoms with van der Waals surface area (Å²) >= 11 is 1.33. The smallest absolute Gasteiger partial charge is 0.406 e. The molecule has 2 rings (SSSR count). The van der Waals surface area contributed by atoms with Gasteiger partial charge in [-0.1, -0.05) is 0 Å². The minimum Gasteiger partial charge on any atom is -0.406 e. The van der Waals surface area contributed by atoms with E-state index >= 15 is 0 Å². The Kier molecular flexibility index (Phi) is 4.15. The number of alkyl halides is 3. The van der Waals surface area contributed by atoms with Crippen molar-refractivity contribution >= 4 is 17.0 Å². The second kappa shape index (κ2) is 5.68. The minimum absolute atomic E-state index is 0.0963. The summed E-state index contributed by atoms with van der Waals surface area (Å²) in [6, 6.07) is 5.26. The first kappa shape index (κ1) is 14.6. The van der Waals surface area contributed by atoms with Crippen molar-refractivity contribution in [2.45, 2.75) is 13.0 Å². The highest BCUT2D eigenvalue weighted by Crippen LogP contribution is 2.24. The lowest BCUT2D eigenvalue weighted by molar-refractivity contribution is -0.274. The van der Waals surface area contributed by atoms with E-state index in [0.717, 1.165) is 0 Å². The summed E-state index contributed by atoms with van der Waals surface area (Å²) in [7, 11) is 1.75. The Bertz CT molecular complexity index is 644. The standard InChI is InChI=1S/C12H11F3N2O2S/c1-17-9(6-18)7-20-11(17)16-8-2-4-10(5-3-8)19-12(13,14)15/h2-5,7,18H,6H2,1H3. The van der Waals surface area contributed by atoms with Crippen LogP contribution in [0.2, 0.25) is 0 Å². The van der Waals surface area contributed by atoms with Gasteiger partial charge in [0.15, 0.2) is 4.80 Å². The van der Waals surface area contributed by atoms with Gasteiger partial charge in [-0.3, -0.25) is 0 Å². The van der Waals surface area contributed by atoms with E-state index in [9.17, 15) is 13.2 Å². The van der Waals surface area contributed by atoms with Crippen LogP contribution in [-0.2, 0) is 13.7 Å². The van der Waals surface area contributed by atoms with Gasteiger partial charge in [0.1, 0.15) is 5.75 Å². The molecule has 0 spiro atoms. The van der Waals surface area contributed by atoms with Crippen LogP contribution in [-0.4, -0.2) is 16.0 Å². The highest BCUT2D eigenvalue weighted by Gasteiger charge is 2.30. The molecule has 0 fully saturated rings. The largest absolute Gasteiger partial charge is 0.573 e. The van der Waals surface area contributed by atoms with Gasteiger partial charge in [0.2, 0.25) is 0 Å². The highest BCUT2D eigenvalue weighted by atomic mass is 32.1. The molecule has 0 saturated carbocycles. The number of aromatic nitrogens is 1. The summed E-state index contributed by atoms with van der Waals surface area (Å²) < 4.78 is 41.5. The molecule has 8 heteroatoms. The Hall–Kier alpha value is -1.80. The molecule has 2 aromatic rings. The summed E-state index contributed by atoms with van der Waals surface area (Å²) in [5.74, 6) is -0.289. The lowest BCUT2D eigenvalue weighted by Crippen LogP contribution is -2.16. The quantitative estimate of drug-likeness (QED) is 0.947. The van der Waals surface area contributed by atoms with Gasteiger partial charge in [-0.15, -0.1) is 24.5 Å². The Morgan fingerprint density at radius 3 is 2.45 bits per heavy atom. The fourth-order valence-corrected chi connectivity index (χ4v) is 2.39. The molecule has 0 amide bonds. The van der Waals surface area contributed by atoms with E-state index in [1.165, 1.54) is 35.6 Å². The van der Waals surface area contributed by atoms with E-state index in [-0.39, 0.29) is 12.4 Å². The Morgan fingerprint density at radius 2 is 1.95 bits per heavy atom. The molecule has 0 aliphatic carbocycles. The number of rotatable bonds is 3. The van der Waals surface area contributed by atoms with Gasteiger partial charge >= 0.3 is 6.36 Å². The van der Waals surface area contributed by atoms with E-state index in [0.29, 0.717) is 16.2 Å². The molecule has 1 aromatic carbocycles. The fourth-order valence-electron chi connectivity index (χ4n) is 1.48. The molecule has 1 aromatic heterocycles. The first-order valence-electron chi connectivity index (χ1n) is 5.54. The normalized spacial score (nSPS) is 12.8. The molecule has 0 bridgehead atoms. The van der Waals surface area contributed by atoms with E-state index < -0.39 is 6.36 Å². The number of halogens is 3. The third-order valence-corrected chi connectivity index (χ3v) is 3.44. The maximum absolute atomic E-state index is 12.0. The number of thiazole rings is 1. The molecule has 0 radical (unpaired) electrons. The second-order valence-electron chi connectivity index (χ2n) is 3.88. The average molecular weight is 304 g/mol. The van der Waals surface area contributed by atoms with E-state index in [1.807, 2.05) is 0 Å². The van der Waals surface area contributed by atoms with Gasteiger partial charge in [0, 0.05) is 12.4 Å². The summed E-state index contributed by atoms with van der Waals surface area (Å²) in [6.45, 7) is -0.0963. The van der Waals surface area contributed by atoms with Gasteiger partial charge < -0.3 is 14.4 Å². The zero-order valence-corrected chi connectivity index (χ0v) is 11.2. The number of ether oxygens (including phenoxy) is 1. The molecule has 4 nitrogen and oxygen atoms in total. The second-order valence-corrected chi connectivity index (χ2v) is 4.72. The van der Waals surface area contributed by atoms with Gasteiger partial charge in [-0.05, 0) is 24.3 Å². The zero-order valence-electron chi connectivity index (χ0n) is 10.4. The van der Waals surface area contributed by atoms with Crippen LogP contribution in [0.15, 0.2) is 34.6 Å². The molecule has 0 atom stereocenters. The van der Waals surface area contributed by atoms with Crippen LogP contribution in [0.5, 0.6) is 5.75 Å². The molecular formula is C12H11F3N2O2S. The number of hydrogen-bond acceptors (Lipinski definition) is 4. The predicted molar refractivity (Wildman–Crippen MR) is 67.6 cm³/mol. The molecule has 20 heavy (non-hydrogen) atoms. The lowest BCUT2D eigenvalue weighted by atomic mass is 10.3. The van der Waals surface area contributed by atoms with Crippen LogP contribution in [0, 0.1) is 0 Å². The molecule has 0 aliphatic rings. The van der Waals surface area contributed by atoms with Crippen LogP contribution in [0.1, 0.15) is 5.69 Å². The van der Waals surface area contributed by atoms with E-state index in [2.05, 4.69) is 9.73 Å². The van der Waals surface area contributed by atoms with Crippen molar-refractivity contribution in [3.05, 3.63) is 40.1 Å². The average Bonchev–Trinajstić information content (AvgIpc) is 2.71. The van der Waals surface area contributed by atoms with Crippen LogP contribution < -0.4 is 9.54 Å². The number of aliphatic hydroxyl groups excluding tert-OH is 1. The maximum atomic E-state index is 12.0. The van der Waals surface area contributed by atoms with Gasteiger partial charge in [-0.2, -0.15) is 0 Å². The Labute approximate surface area is 116 Å². The summed E-state index contributed by atoms with van der Waals surface area (Å²) in [4.78, 5) is 4.92. The molecule has 0 unspecified atom stereocenters. The monoisotopic (exact) mass is 304 g/mol. The zero-order chi connectivity index (χ0) is 14.8. The molecule has 0 aliphatic heterocycles. The van der Waals surface area contributed by atoms with Crippen molar-refractivity contribution in [1.29, 1.82) is 0 Å². The topological polar surface area (TPSA) is 46.8 Å². The number of benzene rings is 1. The third-order valence-electron chi connectivity index (χ3n) is 2.48. The van der Waals surface area contributed by atoms with Crippen molar-refractivity contribution in [2.24, 2.45) is 12.0 Å². The molecule has 0 saturated heterocycles. The van der Waals surface area contributed by atoms with Crippen LogP contribution in [0.25, 0.3) is 0 Å². The fraction of sp³-hybridized carbons (Fsp3) is 0.250. The van der Waals surface area contributed by atoms with Gasteiger partial charge in [0.05, 0.1) is 18.0 Å². The van der Waals surface area contributed by atoms with Crippen LogP contribution in [0.3, 0.4) is 0 Å². The Morgan fingerprint density at radius 1 is 1.30 bits per heavy atom. The number of hydrogen-bond donors (Lipinski definition) is 1. The first-order valence-corrected chi connectivity index (χ1v) is 6.42. The maximum Gasteiger partial charge on any atom is 0.573 e. The van der Waals surface area contributed by atoms with E-state index in [4.69, 9.17) is 5.11 Å². The van der Waals surface area contributed by atoms with Crippen LogP contribution >= 0.6 is 11.3 Å². The van der Waals surface area contributed by atoms with Crippen molar-refractivity contribution in [3.8, 4) is 5.75 Å². The van der Waals surface area contributed by atoms with Crippen molar-refractivity contribution in [2.75, 3.05) is 0 Å². The summed E-state index contributed by atoms with van der Waals surface area (Å²) in [5.41, 5.74) is 1.22. The molecule has 1 heterocycles. The van der Waals surface area contributed by atoms with Crippen molar-refractivity contribution in [3.63, 3.8) is 0 Å². The first-order chi connectivity index (χ1) is 9.39. The highest BCUT2D eigenvalue weighted by molar-refractivity contribution is 7.07. The van der Waals surface area contributed by atoms with Gasteiger partial charge in [-0.25, -0.2) is 4.99 Å².